The van der Waals surface area contributed by atoms with Gasteiger partial charge in [0.25, 0.3) is 0 Å². The highest BCUT2D eigenvalue weighted by Crippen LogP contribution is 2.28. The largest absolute Gasteiger partial charge is 0.381 e. The first-order valence-electron chi connectivity index (χ1n) is 10.5. The number of rotatable bonds is 6. The van der Waals surface area contributed by atoms with Crippen LogP contribution in [-0.2, 0) is 4.74 Å². The highest BCUT2D eigenvalue weighted by molar-refractivity contribution is 6.32. The van der Waals surface area contributed by atoms with Crippen LogP contribution >= 0.6 is 11.6 Å². The minimum Gasteiger partial charge on any atom is -0.381 e. The molecule has 0 unspecified atom stereocenters. The Balaban J connectivity index is 1.44. The Morgan fingerprint density at radius 3 is 2.69 bits per heavy atom. The van der Waals surface area contributed by atoms with Crippen LogP contribution < -0.4 is 16.4 Å². The molecule has 1 aliphatic carbocycles. The fourth-order valence-corrected chi connectivity index (χ4v) is 4.16. The van der Waals surface area contributed by atoms with Crippen LogP contribution in [0.2, 0.25) is 5.02 Å². The quantitative estimate of drug-likeness (QED) is 0.660. The molecule has 3 heterocycles. The van der Waals surface area contributed by atoms with Gasteiger partial charge in [-0.05, 0) is 56.6 Å². The van der Waals surface area contributed by atoms with Crippen molar-refractivity contribution in [3.8, 4) is 11.3 Å². The van der Waals surface area contributed by atoms with E-state index in [0.29, 0.717) is 34.7 Å². The molecule has 4 rings (SSSR count). The Morgan fingerprint density at radius 2 is 1.90 bits per heavy atom. The zero-order valence-electron chi connectivity index (χ0n) is 16.6. The van der Waals surface area contributed by atoms with E-state index in [0.717, 1.165) is 69.7 Å². The van der Waals surface area contributed by atoms with Gasteiger partial charge in [-0.15, -0.1) is 0 Å². The van der Waals surface area contributed by atoms with E-state index in [1.54, 1.807) is 12.4 Å². The predicted molar refractivity (Wildman–Crippen MR) is 116 cm³/mol. The number of nitrogens with two attached hydrogens (primary N) is 1. The maximum Gasteiger partial charge on any atom is 0.223 e. The Labute approximate surface area is 176 Å². The average Bonchev–Trinajstić information content (AvgIpc) is 2.76. The van der Waals surface area contributed by atoms with Gasteiger partial charge in [0.15, 0.2) is 0 Å². The summed E-state index contributed by atoms with van der Waals surface area (Å²) in [6.07, 6.45) is 9.77. The molecular weight excluding hydrogens is 388 g/mol. The second-order valence-corrected chi connectivity index (χ2v) is 8.42. The molecule has 1 saturated carbocycles. The number of anilines is 2. The summed E-state index contributed by atoms with van der Waals surface area (Å²) >= 11 is 6.42. The molecule has 0 bridgehead atoms. The molecule has 4 N–H and O–H groups in total. The van der Waals surface area contributed by atoms with E-state index in [1.807, 2.05) is 12.1 Å². The fraction of sp³-hybridized carbons (Fsp3) is 0.571. The monoisotopic (exact) mass is 416 g/mol. The summed E-state index contributed by atoms with van der Waals surface area (Å²) in [4.78, 5) is 13.5. The molecule has 2 fully saturated rings. The zero-order chi connectivity index (χ0) is 20.1. The van der Waals surface area contributed by atoms with Crippen LogP contribution in [0.25, 0.3) is 11.3 Å². The lowest BCUT2D eigenvalue weighted by atomic mass is 9.92. The maximum atomic E-state index is 6.42. The van der Waals surface area contributed by atoms with Crippen LogP contribution in [0.1, 0.15) is 38.5 Å². The van der Waals surface area contributed by atoms with Crippen molar-refractivity contribution in [2.24, 2.45) is 11.7 Å². The lowest BCUT2D eigenvalue weighted by molar-refractivity contribution is 0.0699. The molecular formula is C21H29ClN6O. The van der Waals surface area contributed by atoms with Crippen molar-refractivity contribution in [3.63, 3.8) is 0 Å². The first-order valence-corrected chi connectivity index (χ1v) is 10.9. The number of ether oxygens (including phenoxy) is 1. The van der Waals surface area contributed by atoms with Crippen molar-refractivity contribution in [2.45, 2.75) is 50.6 Å². The molecule has 0 amide bonds. The van der Waals surface area contributed by atoms with Gasteiger partial charge in [-0.25, -0.2) is 15.0 Å². The van der Waals surface area contributed by atoms with Crippen molar-refractivity contribution in [3.05, 3.63) is 29.5 Å². The summed E-state index contributed by atoms with van der Waals surface area (Å²) in [5, 5.41) is 7.42. The molecule has 1 saturated heterocycles. The average molecular weight is 417 g/mol. The number of nitrogens with one attached hydrogen (secondary N) is 2. The second kappa shape index (κ2) is 9.69. The Kier molecular flexibility index (Phi) is 6.79. The molecule has 0 atom stereocenters. The fourth-order valence-electron chi connectivity index (χ4n) is 3.96. The molecule has 156 valence electrons. The van der Waals surface area contributed by atoms with Gasteiger partial charge in [-0.2, -0.15) is 0 Å². The van der Waals surface area contributed by atoms with Crippen LogP contribution in [0.4, 0.5) is 11.8 Å². The summed E-state index contributed by atoms with van der Waals surface area (Å²) in [7, 11) is 0. The first kappa shape index (κ1) is 20.3. The smallest absolute Gasteiger partial charge is 0.223 e. The number of hydrogen-bond acceptors (Lipinski definition) is 7. The van der Waals surface area contributed by atoms with Crippen LogP contribution in [0.15, 0.2) is 24.5 Å². The molecule has 0 aromatic carbocycles. The van der Waals surface area contributed by atoms with Crippen molar-refractivity contribution in [1.29, 1.82) is 0 Å². The van der Waals surface area contributed by atoms with Crippen LogP contribution in [0.3, 0.4) is 0 Å². The van der Waals surface area contributed by atoms with Gasteiger partial charge in [0, 0.05) is 43.6 Å². The SMILES string of the molecule is NC1CCC(Nc2ncc(Cl)c(-c3ccnc(NCC4CCOCC4)c3)n2)CC1. The van der Waals surface area contributed by atoms with Crippen molar-refractivity contribution >= 4 is 23.4 Å². The molecule has 2 aromatic rings. The third-order valence-electron chi connectivity index (χ3n) is 5.80. The molecule has 7 nitrogen and oxygen atoms in total. The lowest BCUT2D eigenvalue weighted by Crippen LogP contribution is -2.33. The third-order valence-corrected chi connectivity index (χ3v) is 6.07. The Hall–Kier alpha value is -1.96. The highest BCUT2D eigenvalue weighted by Gasteiger charge is 2.20. The van der Waals surface area contributed by atoms with Crippen molar-refractivity contribution < 1.29 is 4.74 Å². The topological polar surface area (TPSA) is 98.0 Å². The van der Waals surface area contributed by atoms with E-state index in [4.69, 9.17) is 22.1 Å². The van der Waals surface area contributed by atoms with Gasteiger partial charge in [0.1, 0.15) is 5.82 Å². The summed E-state index contributed by atoms with van der Waals surface area (Å²) in [5.74, 6) is 2.06. The van der Waals surface area contributed by atoms with Crippen LogP contribution in [0, 0.1) is 5.92 Å². The number of nitrogens with zero attached hydrogens (tertiary/aromatic N) is 3. The van der Waals surface area contributed by atoms with E-state index < -0.39 is 0 Å². The van der Waals surface area contributed by atoms with E-state index in [2.05, 4.69) is 25.6 Å². The molecule has 0 radical (unpaired) electrons. The van der Waals surface area contributed by atoms with E-state index in [1.165, 1.54) is 0 Å². The zero-order valence-corrected chi connectivity index (χ0v) is 17.4. The van der Waals surface area contributed by atoms with Gasteiger partial charge in [-0.1, -0.05) is 11.6 Å². The standard InChI is InChI=1S/C21H29ClN6O/c22-18-13-26-21(27-17-3-1-16(23)2-4-17)28-20(18)15-5-8-24-19(11-15)25-12-14-6-9-29-10-7-14/h5,8,11,13-14,16-17H,1-4,6-7,9-10,12,23H2,(H,24,25)(H,26,27,28). The predicted octanol–water partition coefficient (Wildman–Crippen LogP) is 3.71. The minimum absolute atomic E-state index is 0.318. The van der Waals surface area contributed by atoms with Gasteiger partial charge in [0.2, 0.25) is 5.95 Å². The number of halogens is 1. The Morgan fingerprint density at radius 1 is 1.10 bits per heavy atom. The number of pyridine rings is 1. The van der Waals surface area contributed by atoms with Gasteiger partial charge in [-0.3, -0.25) is 0 Å². The van der Waals surface area contributed by atoms with Crippen molar-refractivity contribution in [2.75, 3.05) is 30.4 Å². The van der Waals surface area contributed by atoms with Gasteiger partial charge in [0.05, 0.1) is 16.9 Å². The van der Waals surface area contributed by atoms with E-state index in [9.17, 15) is 0 Å². The molecule has 2 aliphatic rings. The molecule has 8 heteroatoms. The second-order valence-electron chi connectivity index (χ2n) is 8.01. The van der Waals surface area contributed by atoms with Crippen LogP contribution in [0.5, 0.6) is 0 Å². The molecule has 29 heavy (non-hydrogen) atoms. The number of aromatic nitrogens is 3. The summed E-state index contributed by atoms with van der Waals surface area (Å²) in [6, 6.07) is 4.60. The third kappa shape index (κ3) is 5.56. The summed E-state index contributed by atoms with van der Waals surface area (Å²) in [6.45, 7) is 2.59. The van der Waals surface area contributed by atoms with Crippen molar-refractivity contribution in [1.82, 2.24) is 15.0 Å². The number of hydrogen-bond donors (Lipinski definition) is 3. The molecule has 0 spiro atoms. The van der Waals surface area contributed by atoms with Crippen LogP contribution in [-0.4, -0.2) is 46.8 Å². The first-order chi connectivity index (χ1) is 14.2. The van der Waals surface area contributed by atoms with E-state index >= 15 is 0 Å². The van der Waals surface area contributed by atoms with Gasteiger partial charge < -0.3 is 21.1 Å². The Bertz CT molecular complexity index is 806. The highest BCUT2D eigenvalue weighted by atomic mass is 35.5. The van der Waals surface area contributed by atoms with Gasteiger partial charge >= 0.3 is 0 Å². The summed E-state index contributed by atoms with van der Waals surface area (Å²) < 4.78 is 5.43. The molecule has 2 aromatic heterocycles. The maximum absolute atomic E-state index is 6.42. The lowest BCUT2D eigenvalue weighted by Gasteiger charge is -2.26. The summed E-state index contributed by atoms with van der Waals surface area (Å²) in [5.41, 5.74) is 7.64. The minimum atomic E-state index is 0.318. The van der Waals surface area contributed by atoms with E-state index in [-0.39, 0.29) is 0 Å². The molecule has 1 aliphatic heterocycles. The normalized spacial score (nSPS) is 23.0.